The van der Waals surface area contributed by atoms with Gasteiger partial charge in [-0.3, -0.25) is 4.99 Å². The molecule has 124 valence electrons. The summed E-state index contributed by atoms with van der Waals surface area (Å²) in [6.45, 7) is 5.17. The van der Waals surface area contributed by atoms with Crippen LogP contribution < -0.4 is 4.80 Å². The average molecular weight is 348 g/mol. The van der Waals surface area contributed by atoms with E-state index in [9.17, 15) is 0 Å². The van der Waals surface area contributed by atoms with E-state index in [4.69, 9.17) is 5.10 Å². The Morgan fingerprint density at radius 3 is 2.70 bits per heavy atom. The van der Waals surface area contributed by atoms with E-state index in [1.54, 1.807) is 22.7 Å². The minimum Gasteiger partial charge on any atom is -0.258 e. The van der Waals surface area contributed by atoms with Crippen LogP contribution in [0.5, 0.6) is 0 Å². The van der Waals surface area contributed by atoms with Gasteiger partial charge in [-0.25, -0.2) is 4.68 Å². The van der Waals surface area contributed by atoms with E-state index in [-0.39, 0.29) is 0 Å². The molecule has 0 unspecified atom stereocenters. The molecule has 3 nitrogen and oxygen atoms in total. The van der Waals surface area contributed by atoms with Crippen LogP contribution in [0.2, 0.25) is 0 Å². The first-order valence-corrected chi connectivity index (χ1v) is 10.4. The average Bonchev–Trinajstić information content (AvgIpc) is 3.20. The van der Waals surface area contributed by atoms with Crippen molar-refractivity contribution in [1.29, 1.82) is 0 Å². The molecule has 1 aliphatic carbocycles. The Morgan fingerprint density at radius 1 is 1.22 bits per heavy atom. The molecule has 2 heterocycles. The summed E-state index contributed by atoms with van der Waals surface area (Å²) in [5.74, 6) is 0.906. The molecule has 0 bridgehead atoms. The van der Waals surface area contributed by atoms with Crippen molar-refractivity contribution in [2.45, 2.75) is 52.4 Å². The quantitative estimate of drug-likeness (QED) is 0.694. The zero-order valence-electron chi connectivity index (χ0n) is 14.0. The Kier molecular flexibility index (Phi) is 5.84. The molecule has 3 rings (SSSR count). The molecule has 0 aromatic carbocycles. The number of hydrogen-bond donors (Lipinski definition) is 0. The highest BCUT2D eigenvalue weighted by atomic mass is 32.1. The number of hydrogen-bond acceptors (Lipinski definition) is 4. The first-order chi connectivity index (χ1) is 11.3. The van der Waals surface area contributed by atoms with Crippen LogP contribution in [0.3, 0.4) is 0 Å². The lowest BCUT2D eigenvalue weighted by molar-refractivity contribution is 0.407. The van der Waals surface area contributed by atoms with Gasteiger partial charge in [0.1, 0.15) is 0 Å². The summed E-state index contributed by atoms with van der Waals surface area (Å²) >= 11 is 3.46. The van der Waals surface area contributed by atoms with Crippen LogP contribution in [0.4, 0.5) is 0 Å². The standard InChI is InChI=1S/C18H25N3S2/c1-3-6-14-8-10-15(11-9-14)20-21-16(17-7-5-12-22-17)13-23-18(21)19-4-2/h5,7,12-14H,3-4,6,8-11H2,1-2H3. The molecule has 0 atom stereocenters. The van der Waals surface area contributed by atoms with Crippen LogP contribution in [0.25, 0.3) is 10.6 Å². The second-order valence-electron chi connectivity index (χ2n) is 6.07. The second-order valence-corrected chi connectivity index (χ2v) is 7.85. The fourth-order valence-corrected chi connectivity index (χ4v) is 4.87. The number of thiophene rings is 1. The van der Waals surface area contributed by atoms with Crippen LogP contribution in [-0.2, 0) is 0 Å². The molecule has 1 fully saturated rings. The van der Waals surface area contributed by atoms with Gasteiger partial charge >= 0.3 is 0 Å². The lowest BCUT2D eigenvalue weighted by atomic mass is 9.85. The van der Waals surface area contributed by atoms with Crippen molar-refractivity contribution in [2.24, 2.45) is 16.0 Å². The van der Waals surface area contributed by atoms with Crippen LogP contribution in [-0.4, -0.2) is 16.9 Å². The van der Waals surface area contributed by atoms with Crippen molar-refractivity contribution in [3.63, 3.8) is 0 Å². The molecule has 0 amide bonds. The fourth-order valence-electron chi connectivity index (χ4n) is 3.18. The monoisotopic (exact) mass is 347 g/mol. The van der Waals surface area contributed by atoms with Gasteiger partial charge in [0.05, 0.1) is 10.6 Å². The molecule has 1 saturated carbocycles. The van der Waals surface area contributed by atoms with Gasteiger partial charge in [0.2, 0.25) is 4.80 Å². The van der Waals surface area contributed by atoms with Crippen molar-refractivity contribution < 1.29 is 0 Å². The number of thiazole rings is 1. The molecule has 0 aliphatic heterocycles. The Morgan fingerprint density at radius 2 is 2.04 bits per heavy atom. The maximum absolute atomic E-state index is 5.00. The molecule has 0 saturated heterocycles. The number of rotatable bonds is 5. The summed E-state index contributed by atoms with van der Waals surface area (Å²) in [7, 11) is 0. The number of aromatic nitrogens is 1. The van der Waals surface area contributed by atoms with E-state index in [0.717, 1.165) is 30.1 Å². The van der Waals surface area contributed by atoms with E-state index >= 15 is 0 Å². The first-order valence-electron chi connectivity index (χ1n) is 8.63. The predicted molar refractivity (Wildman–Crippen MR) is 101 cm³/mol. The molecular weight excluding hydrogens is 322 g/mol. The normalized spacial score (nSPS) is 19.3. The Balaban J connectivity index is 1.88. The SMILES string of the molecule is CCCC1CCC(=Nn2c(-c3cccs3)csc2=NCC)CC1. The highest BCUT2D eigenvalue weighted by Gasteiger charge is 2.18. The third-order valence-electron chi connectivity index (χ3n) is 4.37. The molecular formula is C18H25N3S2. The lowest BCUT2D eigenvalue weighted by Crippen LogP contribution is -2.19. The van der Waals surface area contributed by atoms with Crippen LogP contribution in [0.15, 0.2) is 33.0 Å². The van der Waals surface area contributed by atoms with E-state index in [2.05, 4.69) is 46.4 Å². The summed E-state index contributed by atoms with van der Waals surface area (Å²) in [4.78, 5) is 6.91. The molecule has 0 N–H and O–H groups in total. The number of nitrogens with zero attached hydrogens (tertiary/aromatic N) is 3. The van der Waals surface area contributed by atoms with Gasteiger partial charge in [-0.2, -0.15) is 5.10 Å². The molecule has 0 radical (unpaired) electrons. The summed E-state index contributed by atoms with van der Waals surface area (Å²) in [5.41, 5.74) is 2.52. The van der Waals surface area contributed by atoms with Gasteiger partial charge in [-0.15, -0.1) is 22.7 Å². The van der Waals surface area contributed by atoms with Crippen molar-refractivity contribution in [2.75, 3.05) is 6.54 Å². The van der Waals surface area contributed by atoms with Crippen LogP contribution >= 0.6 is 22.7 Å². The van der Waals surface area contributed by atoms with Crippen LogP contribution in [0.1, 0.15) is 52.4 Å². The third-order valence-corrected chi connectivity index (χ3v) is 6.12. The van der Waals surface area contributed by atoms with Crippen molar-refractivity contribution in [3.05, 3.63) is 27.7 Å². The van der Waals surface area contributed by atoms with E-state index < -0.39 is 0 Å². The van der Waals surface area contributed by atoms with Gasteiger partial charge in [0.25, 0.3) is 0 Å². The smallest absolute Gasteiger partial charge is 0.206 e. The first kappa shape index (κ1) is 16.7. The van der Waals surface area contributed by atoms with Crippen LogP contribution in [0, 0.1) is 5.92 Å². The largest absolute Gasteiger partial charge is 0.258 e. The fraction of sp³-hybridized carbons (Fsp3) is 0.556. The van der Waals surface area contributed by atoms with Crippen molar-refractivity contribution in [1.82, 2.24) is 4.68 Å². The summed E-state index contributed by atoms with van der Waals surface area (Å²) < 4.78 is 2.08. The lowest BCUT2D eigenvalue weighted by Gasteiger charge is -2.22. The van der Waals surface area contributed by atoms with Crippen molar-refractivity contribution in [3.8, 4) is 10.6 Å². The second kappa shape index (κ2) is 8.06. The topological polar surface area (TPSA) is 29.6 Å². The zero-order valence-corrected chi connectivity index (χ0v) is 15.6. The van der Waals surface area contributed by atoms with Crippen molar-refractivity contribution >= 4 is 28.4 Å². The highest BCUT2D eigenvalue weighted by Crippen LogP contribution is 2.28. The third kappa shape index (κ3) is 4.01. The van der Waals surface area contributed by atoms with Gasteiger partial charge < -0.3 is 0 Å². The zero-order chi connectivity index (χ0) is 16.1. The van der Waals surface area contributed by atoms with Gasteiger partial charge in [-0.1, -0.05) is 25.8 Å². The van der Waals surface area contributed by atoms with Gasteiger partial charge in [-0.05, 0) is 50.0 Å². The molecule has 5 heteroatoms. The minimum absolute atomic E-state index is 0.799. The summed E-state index contributed by atoms with van der Waals surface area (Å²) in [6.07, 6.45) is 7.55. The van der Waals surface area contributed by atoms with Gasteiger partial charge in [0, 0.05) is 17.6 Å². The Bertz CT molecular complexity index is 697. The van der Waals surface area contributed by atoms with Gasteiger partial charge in [0.15, 0.2) is 0 Å². The molecule has 1 aliphatic rings. The molecule has 0 spiro atoms. The summed E-state index contributed by atoms with van der Waals surface area (Å²) in [6, 6.07) is 4.26. The van der Waals surface area contributed by atoms with E-state index in [1.165, 1.54) is 42.0 Å². The highest BCUT2D eigenvalue weighted by molar-refractivity contribution is 7.14. The predicted octanol–water partition coefficient (Wildman–Crippen LogP) is 5.39. The maximum Gasteiger partial charge on any atom is 0.206 e. The Hall–Kier alpha value is -1.20. The molecule has 2 aromatic rings. The Labute approximate surface area is 146 Å². The minimum atomic E-state index is 0.799. The molecule has 2 aromatic heterocycles. The maximum atomic E-state index is 5.00. The molecule has 23 heavy (non-hydrogen) atoms. The summed E-state index contributed by atoms with van der Waals surface area (Å²) in [5, 5.41) is 9.31. The van der Waals surface area contributed by atoms with E-state index in [1.807, 2.05) is 0 Å². The van der Waals surface area contributed by atoms with E-state index in [0.29, 0.717) is 0 Å².